The van der Waals surface area contributed by atoms with E-state index in [0.717, 1.165) is 0 Å². The van der Waals surface area contributed by atoms with E-state index in [9.17, 15) is 9.18 Å². The Morgan fingerprint density at radius 2 is 2.13 bits per heavy atom. The SMILES string of the molecule is C[C@@H](NC(=O)CSc1nnc(-c2ccc(F)cc2)n1N)C1CC1. The number of thioether (sulfide) groups is 1. The Morgan fingerprint density at radius 3 is 2.78 bits per heavy atom. The predicted octanol–water partition coefficient (Wildman–Crippen LogP) is 1.80. The monoisotopic (exact) mass is 335 g/mol. The molecule has 1 atom stereocenters. The predicted molar refractivity (Wildman–Crippen MR) is 86.6 cm³/mol. The zero-order valence-corrected chi connectivity index (χ0v) is 13.5. The fourth-order valence-corrected chi connectivity index (χ4v) is 2.98. The van der Waals surface area contributed by atoms with Gasteiger partial charge in [-0.3, -0.25) is 4.79 Å². The quantitative estimate of drug-likeness (QED) is 0.621. The van der Waals surface area contributed by atoms with Crippen LogP contribution in [0.2, 0.25) is 0 Å². The van der Waals surface area contributed by atoms with E-state index < -0.39 is 0 Å². The van der Waals surface area contributed by atoms with Crippen LogP contribution >= 0.6 is 11.8 Å². The molecule has 1 fully saturated rings. The number of hydrogen-bond acceptors (Lipinski definition) is 5. The lowest BCUT2D eigenvalue weighted by Crippen LogP contribution is -2.35. The molecule has 8 heteroatoms. The van der Waals surface area contributed by atoms with Gasteiger partial charge in [0.15, 0.2) is 5.82 Å². The maximum Gasteiger partial charge on any atom is 0.230 e. The van der Waals surface area contributed by atoms with Crippen LogP contribution in [-0.2, 0) is 4.79 Å². The van der Waals surface area contributed by atoms with E-state index in [1.165, 1.54) is 41.4 Å². The van der Waals surface area contributed by atoms with E-state index in [1.807, 2.05) is 6.92 Å². The molecule has 1 aliphatic carbocycles. The van der Waals surface area contributed by atoms with Crippen molar-refractivity contribution in [3.63, 3.8) is 0 Å². The van der Waals surface area contributed by atoms with E-state index >= 15 is 0 Å². The van der Waals surface area contributed by atoms with Gasteiger partial charge in [-0.15, -0.1) is 10.2 Å². The lowest BCUT2D eigenvalue weighted by atomic mass is 10.2. The first-order valence-electron chi connectivity index (χ1n) is 7.43. The number of halogens is 1. The summed E-state index contributed by atoms with van der Waals surface area (Å²) in [6.07, 6.45) is 2.37. The molecular formula is C15H18FN5OS. The topological polar surface area (TPSA) is 85.8 Å². The minimum Gasteiger partial charge on any atom is -0.353 e. The number of nitrogens with two attached hydrogens (primary N) is 1. The van der Waals surface area contributed by atoms with Crippen LogP contribution in [-0.4, -0.2) is 32.6 Å². The van der Waals surface area contributed by atoms with Crippen molar-refractivity contribution in [3.05, 3.63) is 30.1 Å². The highest BCUT2D eigenvalue weighted by molar-refractivity contribution is 7.99. The van der Waals surface area contributed by atoms with Gasteiger partial charge < -0.3 is 11.2 Å². The summed E-state index contributed by atoms with van der Waals surface area (Å²) in [5.74, 6) is 6.88. The molecule has 3 rings (SSSR count). The number of rotatable bonds is 6. The molecule has 1 aromatic carbocycles. The second-order valence-electron chi connectivity index (χ2n) is 5.67. The third-order valence-corrected chi connectivity index (χ3v) is 4.76. The van der Waals surface area contributed by atoms with Crippen molar-refractivity contribution >= 4 is 17.7 Å². The Kier molecular flexibility index (Phi) is 4.51. The van der Waals surface area contributed by atoms with Crippen LogP contribution in [0.1, 0.15) is 19.8 Å². The Balaban J connectivity index is 1.60. The van der Waals surface area contributed by atoms with Gasteiger partial charge in [0.1, 0.15) is 5.82 Å². The third kappa shape index (κ3) is 3.82. The van der Waals surface area contributed by atoms with Crippen LogP contribution in [0.25, 0.3) is 11.4 Å². The van der Waals surface area contributed by atoms with Gasteiger partial charge in [0, 0.05) is 11.6 Å². The molecule has 1 aromatic heterocycles. The minimum atomic E-state index is -0.326. The number of hydrogen-bond donors (Lipinski definition) is 2. The zero-order chi connectivity index (χ0) is 16.4. The molecule has 3 N–H and O–H groups in total. The maximum atomic E-state index is 13.0. The number of nitrogen functional groups attached to an aromatic ring is 1. The average molecular weight is 335 g/mol. The lowest BCUT2D eigenvalue weighted by molar-refractivity contribution is -0.119. The highest BCUT2D eigenvalue weighted by Gasteiger charge is 2.28. The Morgan fingerprint density at radius 1 is 1.43 bits per heavy atom. The molecule has 0 aliphatic heterocycles. The number of nitrogens with zero attached hydrogens (tertiary/aromatic N) is 3. The first-order valence-corrected chi connectivity index (χ1v) is 8.41. The van der Waals surface area contributed by atoms with Gasteiger partial charge in [0.05, 0.1) is 5.75 Å². The van der Waals surface area contributed by atoms with Crippen molar-refractivity contribution in [2.24, 2.45) is 5.92 Å². The largest absolute Gasteiger partial charge is 0.353 e. The van der Waals surface area contributed by atoms with Crippen molar-refractivity contribution in [3.8, 4) is 11.4 Å². The second-order valence-corrected chi connectivity index (χ2v) is 6.61. The van der Waals surface area contributed by atoms with Crippen LogP contribution in [0.3, 0.4) is 0 Å². The number of carbonyl (C=O) groups excluding carboxylic acids is 1. The standard InChI is InChI=1S/C15H18FN5OS/c1-9(10-2-3-10)18-13(22)8-23-15-20-19-14(21(15)17)11-4-6-12(16)7-5-11/h4-7,9-10H,2-3,8,17H2,1H3,(H,18,22)/t9-/m1/s1. The summed E-state index contributed by atoms with van der Waals surface area (Å²) in [5.41, 5.74) is 0.667. The summed E-state index contributed by atoms with van der Waals surface area (Å²) in [7, 11) is 0. The van der Waals surface area contributed by atoms with Crippen LogP contribution in [0.15, 0.2) is 29.4 Å². The van der Waals surface area contributed by atoms with Gasteiger partial charge in [-0.25, -0.2) is 9.07 Å². The molecule has 1 aliphatic rings. The molecule has 0 spiro atoms. The first kappa shape index (κ1) is 15.8. The fraction of sp³-hybridized carbons (Fsp3) is 0.400. The third-order valence-electron chi connectivity index (χ3n) is 3.82. The highest BCUT2D eigenvalue weighted by Crippen LogP contribution is 2.32. The van der Waals surface area contributed by atoms with Gasteiger partial charge in [0.25, 0.3) is 0 Å². The Bertz CT molecular complexity index is 698. The number of benzene rings is 1. The van der Waals surface area contributed by atoms with Gasteiger partial charge in [-0.1, -0.05) is 11.8 Å². The lowest BCUT2D eigenvalue weighted by Gasteiger charge is -2.12. The van der Waals surface area contributed by atoms with E-state index in [-0.39, 0.29) is 23.5 Å². The maximum absolute atomic E-state index is 13.0. The van der Waals surface area contributed by atoms with E-state index in [1.54, 1.807) is 12.1 Å². The van der Waals surface area contributed by atoms with Crippen LogP contribution < -0.4 is 11.2 Å². The summed E-state index contributed by atoms with van der Waals surface area (Å²) in [6, 6.07) is 6.06. The van der Waals surface area contributed by atoms with Crippen LogP contribution in [0.5, 0.6) is 0 Å². The smallest absolute Gasteiger partial charge is 0.230 e. The molecular weight excluding hydrogens is 317 g/mol. The molecule has 0 unspecified atom stereocenters. The number of amides is 1. The molecule has 23 heavy (non-hydrogen) atoms. The summed E-state index contributed by atoms with van der Waals surface area (Å²) in [6.45, 7) is 2.03. The fourth-order valence-electron chi connectivity index (χ4n) is 2.31. The van der Waals surface area contributed by atoms with Gasteiger partial charge in [-0.2, -0.15) is 0 Å². The van der Waals surface area contributed by atoms with Crippen molar-refractivity contribution in [2.75, 3.05) is 11.6 Å². The highest BCUT2D eigenvalue weighted by atomic mass is 32.2. The number of carbonyl (C=O) groups is 1. The van der Waals surface area contributed by atoms with Gasteiger partial charge >= 0.3 is 0 Å². The molecule has 6 nitrogen and oxygen atoms in total. The second kappa shape index (κ2) is 6.57. The van der Waals surface area contributed by atoms with Crippen molar-refractivity contribution in [1.82, 2.24) is 20.2 Å². The number of nitrogens with one attached hydrogen (secondary N) is 1. The summed E-state index contributed by atoms with van der Waals surface area (Å²) >= 11 is 1.23. The van der Waals surface area contributed by atoms with Crippen LogP contribution in [0, 0.1) is 11.7 Å². The van der Waals surface area contributed by atoms with Gasteiger partial charge in [0.2, 0.25) is 11.1 Å². The minimum absolute atomic E-state index is 0.0410. The molecule has 0 bridgehead atoms. The molecule has 1 amide bonds. The van der Waals surface area contributed by atoms with Crippen molar-refractivity contribution in [2.45, 2.75) is 31.0 Å². The molecule has 0 radical (unpaired) electrons. The molecule has 1 heterocycles. The average Bonchev–Trinajstić information content (AvgIpc) is 3.31. The summed E-state index contributed by atoms with van der Waals surface area (Å²) in [4.78, 5) is 11.9. The normalized spacial score (nSPS) is 15.4. The number of aromatic nitrogens is 3. The van der Waals surface area contributed by atoms with E-state index in [0.29, 0.717) is 22.5 Å². The van der Waals surface area contributed by atoms with Crippen molar-refractivity contribution in [1.29, 1.82) is 0 Å². The molecule has 2 aromatic rings. The van der Waals surface area contributed by atoms with Crippen LogP contribution in [0.4, 0.5) is 4.39 Å². The molecule has 1 saturated carbocycles. The first-order chi connectivity index (χ1) is 11.0. The Labute approximate surface area is 137 Å². The van der Waals surface area contributed by atoms with E-state index in [4.69, 9.17) is 5.84 Å². The molecule has 0 saturated heterocycles. The van der Waals surface area contributed by atoms with Gasteiger partial charge in [-0.05, 0) is 49.9 Å². The summed E-state index contributed by atoms with van der Waals surface area (Å²) in [5, 5.41) is 11.4. The van der Waals surface area contributed by atoms with E-state index in [2.05, 4.69) is 15.5 Å². The summed E-state index contributed by atoms with van der Waals surface area (Å²) < 4.78 is 14.3. The molecule has 122 valence electrons. The zero-order valence-electron chi connectivity index (χ0n) is 12.7. The van der Waals surface area contributed by atoms with Crippen molar-refractivity contribution < 1.29 is 9.18 Å². The Hall–Kier alpha value is -2.09.